The Morgan fingerprint density at radius 2 is 2.05 bits per heavy atom. The van der Waals surface area contributed by atoms with Crippen molar-refractivity contribution in [2.24, 2.45) is 18.9 Å². The van der Waals surface area contributed by atoms with Gasteiger partial charge in [0.1, 0.15) is 0 Å². The maximum Gasteiger partial charge on any atom is 0.307 e. The molecule has 0 aliphatic heterocycles. The molecule has 0 aromatic carbocycles. The number of nitrogens with zero attached hydrogens (tertiary/aromatic N) is 2. The molecule has 1 fully saturated rings. The van der Waals surface area contributed by atoms with Gasteiger partial charge in [-0.1, -0.05) is 12.8 Å². The van der Waals surface area contributed by atoms with E-state index in [2.05, 4.69) is 10.4 Å². The fourth-order valence-electron chi connectivity index (χ4n) is 2.77. The van der Waals surface area contributed by atoms with Crippen molar-refractivity contribution in [2.45, 2.75) is 39.2 Å². The van der Waals surface area contributed by atoms with Gasteiger partial charge in [-0.15, -0.1) is 0 Å². The van der Waals surface area contributed by atoms with Crippen molar-refractivity contribution in [1.82, 2.24) is 15.1 Å². The molecule has 1 aliphatic carbocycles. The van der Waals surface area contributed by atoms with Crippen LogP contribution in [0.2, 0.25) is 0 Å². The highest BCUT2D eigenvalue weighted by atomic mass is 16.4. The van der Waals surface area contributed by atoms with Crippen LogP contribution in [0.1, 0.15) is 36.9 Å². The Bertz CT molecular complexity index is 510. The molecule has 1 amide bonds. The zero-order valence-electron chi connectivity index (χ0n) is 11.9. The van der Waals surface area contributed by atoms with E-state index in [4.69, 9.17) is 0 Å². The van der Waals surface area contributed by atoms with Crippen molar-refractivity contribution in [1.29, 1.82) is 0 Å². The monoisotopic (exact) mass is 279 g/mol. The van der Waals surface area contributed by atoms with Gasteiger partial charge in [0.15, 0.2) is 0 Å². The van der Waals surface area contributed by atoms with Crippen molar-refractivity contribution in [3.8, 4) is 0 Å². The SMILES string of the molecule is Cc1c(CNC(=O)[C@@H]2CCCC[C@@H]2C(=O)O)cnn1C. The molecule has 2 rings (SSSR count). The lowest BCUT2D eigenvalue weighted by Gasteiger charge is -2.27. The van der Waals surface area contributed by atoms with E-state index < -0.39 is 17.8 Å². The first-order valence-electron chi connectivity index (χ1n) is 6.98. The molecule has 2 N–H and O–H groups in total. The average molecular weight is 279 g/mol. The fourth-order valence-corrected chi connectivity index (χ4v) is 2.77. The van der Waals surface area contributed by atoms with Crippen LogP contribution in [0.15, 0.2) is 6.20 Å². The van der Waals surface area contributed by atoms with Crippen molar-refractivity contribution in [3.05, 3.63) is 17.5 Å². The first-order valence-corrected chi connectivity index (χ1v) is 6.98. The zero-order chi connectivity index (χ0) is 14.7. The van der Waals surface area contributed by atoms with Crippen LogP contribution in [0, 0.1) is 18.8 Å². The largest absolute Gasteiger partial charge is 0.481 e. The molecule has 110 valence electrons. The summed E-state index contributed by atoms with van der Waals surface area (Å²) in [5, 5.41) is 16.2. The normalized spacial score (nSPS) is 22.5. The highest BCUT2D eigenvalue weighted by Crippen LogP contribution is 2.30. The Morgan fingerprint density at radius 3 is 2.60 bits per heavy atom. The zero-order valence-corrected chi connectivity index (χ0v) is 11.9. The summed E-state index contributed by atoms with van der Waals surface area (Å²) >= 11 is 0. The van der Waals surface area contributed by atoms with Crippen LogP contribution < -0.4 is 5.32 Å². The van der Waals surface area contributed by atoms with E-state index >= 15 is 0 Å². The van der Waals surface area contributed by atoms with Crippen LogP contribution in [0.25, 0.3) is 0 Å². The van der Waals surface area contributed by atoms with Gasteiger partial charge in [-0.25, -0.2) is 0 Å². The number of nitrogens with one attached hydrogen (secondary N) is 1. The maximum atomic E-state index is 12.2. The molecule has 2 atom stereocenters. The molecular weight excluding hydrogens is 258 g/mol. The molecule has 6 nitrogen and oxygen atoms in total. The Morgan fingerprint density at radius 1 is 1.40 bits per heavy atom. The summed E-state index contributed by atoms with van der Waals surface area (Å²) in [4.78, 5) is 23.4. The molecule has 20 heavy (non-hydrogen) atoms. The molecule has 0 spiro atoms. The number of carboxylic acids is 1. The minimum atomic E-state index is -0.859. The summed E-state index contributed by atoms with van der Waals surface area (Å²) in [5.41, 5.74) is 1.97. The second-order valence-electron chi connectivity index (χ2n) is 5.43. The maximum absolute atomic E-state index is 12.2. The molecule has 0 radical (unpaired) electrons. The number of aryl methyl sites for hydroxylation is 1. The van der Waals surface area contributed by atoms with Gasteiger partial charge in [0, 0.05) is 24.8 Å². The molecule has 0 unspecified atom stereocenters. The van der Waals surface area contributed by atoms with Crippen LogP contribution in [0.4, 0.5) is 0 Å². The Kier molecular flexibility index (Phi) is 4.42. The molecule has 6 heteroatoms. The van der Waals surface area contributed by atoms with Gasteiger partial charge in [0.05, 0.1) is 18.0 Å². The minimum absolute atomic E-state index is 0.152. The van der Waals surface area contributed by atoms with Crippen LogP contribution in [0.3, 0.4) is 0 Å². The van der Waals surface area contributed by atoms with Crippen LogP contribution in [-0.4, -0.2) is 26.8 Å². The lowest BCUT2D eigenvalue weighted by Crippen LogP contribution is -2.39. The summed E-state index contributed by atoms with van der Waals surface area (Å²) in [6.45, 7) is 2.34. The lowest BCUT2D eigenvalue weighted by molar-refractivity contribution is -0.148. The van der Waals surface area contributed by atoms with Gasteiger partial charge in [-0.05, 0) is 19.8 Å². The van der Waals surface area contributed by atoms with Crippen molar-refractivity contribution >= 4 is 11.9 Å². The van der Waals surface area contributed by atoms with Crippen LogP contribution in [0.5, 0.6) is 0 Å². The van der Waals surface area contributed by atoms with Crippen molar-refractivity contribution in [3.63, 3.8) is 0 Å². The predicted molar refractivity (Wildman–Crippen MR) is 72.9 cm³/mol. The molecule has 0 bridgehead atoms. The smallest absolute Gasteiger partial charge is 0.307 e. The molecular formula is C14H21N3O3. The molecule has 1 saturated carbocycles. The Labute approximate surface area is 118 Å². The topological polar surface area (TPSA) is 84.2 Å². The summed E-state index contributed by atoms with van der Waals surface area (Å²) in [7, 11) is 1.85. The standard InChI is InChI=1S/C14H21N3O3/c1-9-10(8-16-17(9)2)7-15-13(18)11-5-3-4-6-12(11)14(19)20/h8,11-12H,3-7H2,1-2H3,(H,15,18)(H,19,20)/t11-,12+/m1/s1. The number of carbonyl (C=O) groups excluding carboxylic acids is 1. The third-order valence-electron chi connectivity index (χ3n) is 4.21. The number of aromatic nitrogens is 2. The summed E-state index contributed by atoms with van der Waals surface area (Å²) in [6.07, 6.45) is 4.80. The van der Waals surface area contributed by atoms with E-state index in [1.165, 1.54) is 0 Å². The third-order valence-corrected chi connectivity index (χ3v) is 4.21. The number of aliphatic carboxylic acids is 1. The van der Waals surface area contributed by atoms with E-state index in [1.807, 2.05) is 14.0 Å². The number of amides is 1. The summed E-state index contributed by atoms with van der Waals surface area (Å²) in [6, 6.07) is 0. The second-order valence-corrected chi connectivity index (χ2v) is 5.43. The first kappa shape index (κ1) is 14.6. The number of hydrogen-bond acceptors (Lipinski definition) is 3. The minimum Gasteiger partial charge on any atom is -0.481 e. The quantitative estimate of drug-likeness (QED) is 0.868. The third kappa shape index (κ3) is 3.00. The van der Waals surface area contributed by atoms with Gasteiger partial charge in [0.25, 0.3) is 0 Å². The Balaban J connectivity index is 1.96. The summed E-state index contributed by atoms with van der Waals surface area (Å²) in [5.74, 6) is -1.96. The predicted octanol–water partition coefficient (Wildman–Crippen LogP) is 1.24. The van der Waals surface area contributed by atoms with Gasteiger partial charge in [-0.2, -0.15) is 5.10 Å². The molecule has 1 aliphatic rings. The van der Waals surface area contributed by atoms with Crippen molar-refractivity contribution < 1.29 is 14.7 Å². The molecule has 1 aromatic heterocycles. The number of carboxylic acid groups (broad SMARTS) is 1. The molecule has 1 heterocycles. The van der Waals surface area contributed by atoms with E-state index in [9.17, 15) is 14.7 Å². The van der Waals surface area contributed by atoms with E-state index in [-0.39, 0.29) is 5.91 Å². The molecule has 1 aromatic rings. The van der Waals surface area contributed by atoms with Gasteiger partial charge in [0.2, 0.25) is 5.91 Å². The van der Waals surface area contributed by atoms with E-state index in [0.29, 0.717) is 19.4 Å². The van der Waals surface area contributed by atoms with E-state index in [0.717, 1.165) is 24.1 Å². The second kappa shape index (κ2) is 6.07. The number of carbonyl (C=O) groups is 2. The highest BCUT2D eigenvalue weighted by Gasteiger charge is 2.35. The number of rotatable bonds is 4. The van der Waals surface area contributed by atoms with Crippen LogP contribution in [-0.2, 0) is 23.2 Å². The van der Waals surface area contributed by atoms with E-state index in [1.54, 1.807) is 10.9 Å². The fraction of sp³-hybridized carbons (Fsp3) is 0.643. The first-order chi connectivity index (χ1) is 9.50. The van der Waals surface area contributed by atoms with Gasteiger partial charge in [-0.3, -0.25) is 14.3 Å². The highest BCUT2D eigenvalue weighted by molar-refractivity contribution is 5.84. The lowest BCUT2D eigenvalue weighted by atomic mass is 9.78. The van der Waals surface area contributed by atoms with Gasteiger partial charge < -0.3 is 10.4 Å². The average Bonchev–Trinajstić information content (AvgIpc) is 2.76. The summed E-state index contributed by atoms with van der Waals surface area (Å²) < 4.78 is 1.75. The van der Waals surface area contributed by atoms with Gasteiger partial charge >= 0.3 is 5.97 Å². The van der Waals surface area contributed by atoms with Crippen molar-refractivity contribution in [2.75, 3.05) is 0 Å². The number of hydrogen-bond donors (Lipinski definition) is 2. The Hall–Kier alpha value is -1.85. The van der Waals surface area contributed by atoms with Crippen LogP contribution >= 0.6 is 0 Å². The molecule has 0 saturated heterocycles.